The number of hydrogen-bond donors (Lipinski definition) is 2. The van der Waals surface area contributed by atoms with Crippen molar-refractivity contribution in [2.24, 2.45) is 11.8 Å². The third kappa shape index (κ3) is 4.63. The van der Waals surface area contributed by atoms with Gasteiger partial charge in [-0.1, -0.05) is 19.1 Å². The Labute approximate surface area is 142 Å². The lowest BCUT2D eigenvalue weighted by molar-refractivity contribution is -0.143. The van der Waals surface area contributed by atoms with Gasteiger partial charge in [-0.05, 0) is 43.9 Å². The summed E-state index contributed by atoms with van der Waals surface area (Å²) in [6, 6.07) is 7.22. The first-order chi connectivity index (χ1) is 11.4. The van der Waals surface area contributed by atoms with Crippen LogP contribution in [0.15, 0.2) is 24.3 Å². The van der Waals surface area contributed by atoms with Gasteiger partial charge in [0.05, 0.1) is 18.6 Å². The molecule has 0 spiro atoms. The van der Waals surface area contributed by atoms with Crippen LogP contribution in [0.2, 0.25) is 0 Å². The van der Waals surface area contributed by atoms with E-state index >= 15 is 0 Å². The van der Waals surface area contributed by atoms with E-state index in [0.29, 0.717) is 19.6 Å². The van der Waals surface area contributed by atoms with E-state index < -0.39 is 11.9 Å². The van der Waals surface area contributed by atoms with E-state index in [-0.39, 0.29) is 24.5 Å². The van der Waals surface area contributed by atoms with E-state index in [0.717, 1.165) is 11.3 Å². The zero-order valence-corrected chi connectivity index (χ0v) is 14.5. The van der Waals surface area contributed by atoms with Crippen molar-refractivity contribution >= 4 is 12.0 Å². The minimum atomic E-state index is -0.836. The minimum Gasteiger partial charge on any atom is -0.494 e. The van der Waals surface area contributed by atoms with Crippen LogP contribution >= 0.6 is 0 Å². The SMILES string of the molecule is CCOc1cccc(C(C)NC(=O)N2CC(C)CC(C(=O)O)C2)c1. The van der Waals surface area contributed by atoms with Gasteiger partial charge in [0, 0.05) is 13.1 Å². The van der Waals surface area contributed by atoms with Gasteiger partial charge in [0.15, 0.2) is 0 Å². The Hall–Kier alpha value is -2.24. The zero-order chi connectivity index (χ0) is 17.7. The Balaban J connectivity index is 2.00. The monoisotopic (exact) mass is 334 g/mol. The molecule has 3 atom stereocenters. The molecular weight excluding hydrogens is 308 g/mol. The summed E-state index contributed by atoms with van der Waals surface area (Å²) in [4.78, 5) is 25.3. The average molecular weight is 334 g/mol. The Kier molecular flexibility index (Phi) is 6.06. The fourth-order valence-electron chi connectivity index (χ4n) is 3.10. The standard InChI is InChI=1S/C18H26N2O4/c1-4-24-16-7-5-6-14(9-16)13(3)19-18(23)20-10-12(2)8-15(11-20)17(21)22/h5-7,9,12-13,15H,4,8,10-11H2,1-3H3,(H,19,23)(H,21,22). The van der Waals surface area contributed by atoms with Crippen molar-refractivity contribution in [3.05, 3.63) is 29.8 Å². The first kappa shape index (κ1) is 18.1. The molecule has 0 saturated carbocycles. The van der Waals surface area contributed by atoms with Crippen molar-refractivity contribution in [3.8, 4) is 5.75 Å². The van der Waals surface area contributed by atoms with Crippen molar-refractivity contribution in [2.45, 2.75) is 33.2 Å². The van der Waals surface area contributed by atoms with Crippen molar-refractivity contribution in [3.63, 3.8) is 0 Å². The summed E-state index contributed by atoms with van der Waals surface area (Å²) < 4.78 is 5.48. The summed E-state index contributed by atoms with van der Waals surface area (Å²) in [5, 5.41) is 12.2. The lowest BCUT2D eigenvalue weighted by Crippen LogP contribution is -2.49. The van der Waals surface area contributed by atoms with Crippen LogP contribution in [0.4, 0.5) is 4.79 Å². The molecule has 0 bridgehead atoms. The molecule has 132 valence electrons. The Morgan fingerprint density at radius 1 is 1.42 bits per heavy atom. The van der Waals surface area contributed by atoms with E-state index in [4.69, 9.17) is 4.74 Å². The lowest BCUT2D eigenvalue weighted by atomic mass is 9.91. The van der Waals surface area contributed by atoms with Gasteiger partial charge in [0.1, 0.15) is 5.75 Å². The maximum atomic E-state index is 12.5. The highest BCUT2D eigenvalue weighted by Crippen LogP contribution is 2.23. The van der Waals surface area contributed by atoms with Gasteiger partial charge in [-0.15, -0.1) is 0 Å². The molecule has 2 rings (SSSR count). The number of aliphatic carboxylic acids is 1. The third-order valence-corrected chi connectivity index (χ3v) is 4.31. The quantitative estimate of drug-likeness (QED) is 0.868. The van der Waals surface area contributed by atoms with Crippen molar-refractivity contribution in [1.82, 2.24) is 10.2 Å². The molecule has 1 aromatic carbocycles. The molecule has 2 amide bonds. The summed E-state index contributed by atoms with van der Waals surface area (Å²) in [7, 11) is 0. The van der Waals surface area contributed by atoms with E-state index in [1.807, 2.05) is 45.0 Å². The van der Waals surface area contributed by atoms with Gasteiger partial charge < -0.3 is 20.1 Å². The van der Waals surface area contributed by atoms with Crippen LogP contribution in [0, 0.1) is 11.8 Å². The van der Waals surface area contributed by atoms with Crippen LogP contribution in [0.3, 0.4) is 0 Å². The fourth-order valence-corrected chi connectivity index (χ4v) is 3.10. The maximum Gasteiger partial charge on any atom is 0.317 e. The summed E-state index contributed by atoms with van der Waals surface area (Å²) in [5.74, 6) is -0.372. The lowest BCUT2D eigenvalue weighted by Gasteiger charge is -2.35. The van der Waals surface area contributed by atoms with Crippen LogP contribution in [-0.2, 0) is 4.79 Å². The summed E-state index contributed by atoms with van der Waals surface area (Å²) in [6.45, 7) is 7.24. The zero-order valence-electron chi connectivity index (χ0n) is 14.5. The Bertz CT molecular complexity index is 590. The predicted octanol–water partition coefficient (Wildman–Crippen LogP) is 2.90. The molecule has 6 nitrogen and oxygen atoms in total. The molecule has 1 fully saturated rings. The molecule has 1 saturated heterocycles. The van der Waals surface area contributed by atoms with Gasteiger partial charge >= 0.3 is 12.0 Å². The first-order valence-corrected chi connectivity index (χ1v) is 8.41. The Morgan fingerprint density at radius 3 is 2.83 bits per heavy atom. The Morgan fingerprint density at radius 2 is 2.17 bits per heavy atom. The number of likely N-dealkylation sites (tertiary alicyclic amines) is 1. The topological polar surface area (TPSA) is 78.9 Å². The second-order valence-electron chi connectivity index (χ2n) is 6.46. The van der Waals surface area contributed by atoms with Crippen molar-refractivity contribution < 1.29 is 19.4 Å². The van der Waals surface area contributed by atoms with Crippen LogP contribution < -0.4 is 10.1 Å². The van der Waals surface area contributed by atoms with Crippen LogP contribution in [0.5, 0.6) is 5.75 Å². The smallest absolute Gasteiger partial charge is 0.317 e. The number of carbonyl (C=O) groups excluding carboxylic acids is 1. The van der Waals surface area contributed by atoms with E-state index in [1.54, 1.807) is 4.90 Å². The molecule has 24 heavy (non-hydrogen) atoms. The number of benzene rings is 1. The van der Waals surface area contributed by atoms with Crippen LogP contribution in [0.25, 0.3) is 0 Å². The molecule has 2 N–H and O–H groups in total. The highest BCUT2D eigenvalue weighted by Gasteiger charge is 2.32. The van der Waals surface area contributed by atoms with Gasteiger partial charge in [-0.2, -0.15) is 0 Å². The maximum absolute atomic E-state index is 12.5. The molecule has 1 aromatic rings. The number of piperidine rings is 1. The second-order valence-corrected chi connectivity index (χ2v) is 6.46. The molecule has 6 heteroatoms. The summed E-state index contributed by atoms with van der Waals surface area (Å²) in [5.41, 5.74) is 0.953. The fraction of sp³-hybridized carbons (Fsp3) is 0.556. The van der Waals surface area contributed by atoms with E-state index in [9.17, 15) is 14.7 Å². The number of nitrogens with one attached hydrogen (secondary N) is 1. The number of urea groups is 1. The van der Waals surface area contributed by atoms with Crippen molar-refractivity contribution in [2.75, 3.05) is 19.7 Å². The largest absolute Gasteiger partial charge is 0.494 e. The van der Waals surface area contributed by atoms with E-state index in [2.05, 4.69) is 5.32 Å². The molecule has 1 heterocycles. The van der Waals surface area contributed by atoms with Gasteiger partial charge in [-0.3, -0.25) is 4.79 Å². The molecule has 0 radical (unpaired) electrons. The van der Waals surface area contributed by atoms with Crippen LogP contribution in [-0.4, -0.2) is 41.7 Å². The van der Waals surface area contributed by atoms with E-state index in [1.165, 1.54) is 0 Å². The number of carbonyl (C=O) groups is 2. The molecular formula is C18H26N2O4. The summed E-state index contributed by atoms with van der Waals surface area (Å²) >= 11 is 0. The minimum absolute atomic E-state index is 0.182. The highest BCUT2D eigenvalue weighted by atomic mass is 16.5. The highest BCUT2D eigenvalue weighted by molar-refractivity contribution is 5.77. The average Bonchev–Trinajstić information content (AvgIpc) is 2.54. The number of carboxylic acid groups (broad SMARTS) is 1. The van der Waals surface area contributed by atoms with Gasteiger partial charge in [0.25, 0.3) is 0 Å². The molecule has 1 aliphatic rings. The van der Waals surface area contributed by atoms with Gasteiger partial charge in [0.2, 0.25) is 0 Å². The second kappa shape index (κ2) is 8.04. The number of amides is 2. The molecule has 0 aromatic heterocycles. The molecule has 1 aliphatic heterocycles. The number of nitrogens with zero attached hydrogens (tertiary/aromatic N) is 1. The number of rotatable bonds is 5. The first-order valence-electron chi connectivity index (χ1n) is 8.41. The number of hydrogen-bond acceptors (Lipinski definition) is 3. The third-order valence-electron chi connectivity index (χ3n) is 4.31. The predicted molar refractivity (Wildman–Crippen MR) is 91.0 cm³/mol. The normalized spacial score (nSPS) is 21.9. The summed E-state index contributed by atoms with van der Waals surface area (Å²) in [6.07, 6.45) is 0.616. The molecule has 3 unspecified atom stereocenters. The number of ether oxygens (including phenoxy) is 1. The van der Waals surface area contributed by atoms with Gasteiger partial charge in [-0.25, -0.2) is 4.79 Å². The molecule has 0 aliphatic carbocycles. The van der Waals surface area contributed by atoms with Crippen molar-refractivity contribution in [1.29, 1.82) is 0 Å². The number of carboxylic acids is 1. The van der Waals surface area contributed by atoms with Crippen LogP contribution in [0.1, 0.15) is 38.8 Å².